The zero-order valence-corrected chi connectivity index (χ0v) is 14.0. The second-order valence-electron chi connectivity index (χ2n) is 5.16. The van der Waals surface area contributed by atoms with E-state index in [4.69, 9.17) is 0 Å². The number of allylic oxidation sites excluding steroid dienone is 2. The molecule has 0 radical (unpaired) electrons. The van der Waals surface area contributed by atoms with Gasteiger partial charge < -0.3 is 10.6 Å². The van der Waals surface area contributed by atoms with Crippen LogP contribution in [0.3, 0.4) is 0 Å². The summed E-state index contributed by atoms with van der Waals surface area (Å²) in [5.74, 6) is -0.731. The van der Waals surface area contributed by atoms with Gasteiger partial charge in [0.25, 0.3) is 5.91 Å². The largest absolute Gasteiger partial charge is 0.354 e. The van der Waals surface area contributed by atoms with Crippen molar-refractivity contribution in [2.45, 2.75) is 0 Å². The highest BCUT2D eigenvalue weighted by atomic mass is 16.2. The molecule has 2 N–H and O–H groups in total. The summed E-state index contributed by atoms with van der Waals surface area (Å²) in [5, 5.41) is 5.11. The zero-order valence-electron chi connectivity index (χ0n) is 14.0. The molecule has 0 atom stereocenters. The lowest BCUT2D eigenvalue weighted by Gasteiger charge is -2.05. The molecule has 2 rings (SSSR count). The highest BCUT2D eigenvalue weighted by Gasteiger charge is 2.08. The Morgan fingerprint density at radius 1 is 0.840 bits per heavy atom. The lowest BCUT2D eigenvalue weighted by atomic mass is 10.2. The van der Waals surface area contributed by atoms with Crippen LogP contribution in [0, 0.1) is 0 Å². The molecule has 2 aromatic rings. The minimum Gasteiger partial charge on any atom is -0.354 e. The zero-order chi connectivity index (χ0) is 17.9. The third kappa shape index (κ3) is 6.31. The highest BCUT2D eigenvalue weighted by Crippen LogP contribution is 2.03. The summed E-state index contributed by atoms with van der Waals surface area (Å²) in [6, 6.07) is 19.2. The SMILES string of the molecule is CNC(=O)/C(=C/C=C/c1ccccc1)NC(=O)/C=C/c1ccccc1. The number of likely N-dealkylation sites (N-methyl/N-ethyl adjacent to an activating group) is 1. The van der Waals surface area contributed by atoms with Gasteiger partial charge in [0, 0.05) is 13.1 Å². The summed E-state index contributed by atoms with van der Waals surface area (Å²) >= 11 is 0. The molecule has 4 nitrogen and oxygen atoms in total. The summed E-state index contributed by atoms with van der Waals surface area (Å²) in [4.78, 5) is 23.9. The second kappa shape index (κ2) is 9.67. The van der Waals surface area contributed by atoms with E-state index in [1.807, 2.05) is 66.7 Å². The molecule has 0 unspecified atom stereocenters. The molecule has 0 aromatic heterocycles. The number of hydrogen-bond acceptors (Lipinski definition) is 2. The quantitative estimate of drug-likeness (QED) is 0.630. The lowest BCUT2D eigenvalue weighted by Crippen LogP contribution is -2.32. The van der Waals surface area contributed by atoms with Gasteiger partial charge in [0.15, 0.2) is 0 Å². The Hall–Kier alpha value is -3.40. The fraction of sp³-hybridized carbons (Fsp3) is 0.0476. The molecule has 0 aliphatic heterocycles. The molecule has 25 heavy (non-hydrogen) atoms. The average molecular weight is 332 g/mol. The van der Waals surface area contributed by atoms with E-state index in [-0.39, 0.29) is 17.5 Å². The van der Waals surface area contributed by atoms with Gasteiger partial charge in [-0.15, -0.1) is 0 Å². The lowest BCUT2D eigenvalue weighted by molar-refractivity contribution is -0.121. The van der Waals surface area contributed by atoms with E-state index in [0.29, 0.717) is 0 Å². The standard InChI is InChI=1S/C21H20N2O2/c1-22-21(25)19(14-8-13-17-9-4-2-5-10-17)23-20(24)16-15-18-11-6-3-7-12-18/h2-16H,1H3,(H,22,25)(H,23,24)/b13-8+,16-15+,19-14-. The van der Waals surface area contributed by atoms with Crippen LogP contribution in [-0.4, -0.2) is 18.9 Å². The fourth-order valence-electron chi connectivity index (χ4n) is 2.04. The van der Waals surface area contributed by atoms with Crippen LogP contribution < -0.4 is 10.6 Å². The van der Waals surface area contributed by atoms with E-state index in [9.17, 15) is 9.59 Å². The second-order valence-corrected chi connectivity index (χ2v) is 5.16. The van der Waals surface area contributed by atoms with Gasteiger partial charge in [-0.05, 0) is 23.3 Å². The van der Waals surface area contributed by atoms with Crippen LogP contribution in [0.15, 0.2) is 84.6 Å². The Labute approximate surface area is 147 Å². The Bertz CT molecular complexity index is 791. The van der Waals surface area contributed by atoms with Gasteiger partial charge in [0.2, 0.25) is 5.91 Å². The number of hydrogen-bond donors (Lipinski definition) is 2. The first-order valence-corrected chi connectivity index (χ1v) is 7.88. The molecule has 0 saturated heterocycles. The summed E-state index contributed by atoms with van der Waals surface area (Å²) in [6.07, 6.45) is 8.24. The number of nitrogens with one attached hydrogen (secondary N) is 2. The fourth-order valence-corrected chi connectivity index (χ4v) is 2.04. The van der Waals surface area contributed by atoms with Gasteiger partial charge in [-0.2, -0.15) is 0 Å². The monoisotopic (exact) mass is 332 g/mol. The Balaban J connectivity index is 2.05. The van der Waals surface area contributed by atoms with E-state index in [2.05, 4.69) is 10.6 Å². The third-order valence-electron chi connectivity index (χ3n) is 3.31. The number of amides is 2. The molecule has 2 amide bonds. The number of carbonyl (C=O) groups excluding carboxylic acids is 2. The molecule has 0 aliphatic rings. The van der Waals surface area contributed by atoms with Crippen molar-refractivity contribution in [1.82, 2.24) is 10.6 Å². The smallest absolute Gasteiger partial charge is 0.267 e. The molecule has 0 bridgehead atoms. The van der Waals surface area contributed by atoms with Crippen LogP contribution in [0.4, 0.5) is 0 Å². The predicted octanol–water partition coefficient (Wildman–Crippen LogP) is 3.16. The molecular weight excluding hydrogens is 312 g/mol. The number of benzene rings is 2. The van der Waals surface area contributed by atoms with Gasteiger partial charge >= 0.3 is 0 Å². The van der Waals surface area contributed by atoms with Crippen molar-refractivity contribution in [2.24, 2.45) is 0 Å². The maximum Gasteiger partial charge on any atom is 0.267 e. The predicted molar refractivity (Wildman–Crippen MR) is 101 cm³/mol. The minimum atomic E-state index is -0.369. The van der Waals surface area contributed by atoms with Crippen molar-refractivity contribution in [3.05, 3.63) is 95.7 Å². The van der Waals surface area contributed by atoms with E-state index in [1.165, 1.54) is 13.1 Å². The Kier molecular flexibility index (Phi) is 6.95. The highest BCUT2D eigenvalue weighted by molar-refractivity contribution is 6.01. The Morgan fingerprint density at radius 3 is 1.96 bits per heavy atom. The van der Waals surface area contributed by atoms with E-state index in [0.717, 1.165) is 11.1 Å². The summed E-state index contributed by atoms with van der Waals surface area (Å²) in [7, 11) is 1.52. The molecule has 0 heterocycles. The minimum absolute atomic E-state index is 0.178. The molecule has 2 aromatic carbocycles. The maximum atomic E-state index is 12.0. The van der Waals surface area contributed by atoms with Crippen LogP contribution in [0.5, 0.6) is 0 Å². The van der Waals surface area contributed by atoms with Gasteiger partial charge in [0.1, 0.15) is 5.70 Å². The van der Waals surface area contributed by atoms with Gasteiger partial charge in [-0.1, -0.05) is 72.8 Å². The first-order chi connectivity index (χ1) is 12.2. The van der Waals surface area contributed by atoms with E-state index >= 15 is 0 Å². The van der Waals surface area contributed by atoms with Crippen molar-refractivity contribution in [1.29, 1.82) is 0 Å². The van der Waals surface area contributed by atoms with Crippen LogP contribution in [0.25, 0.3) is 12.2 Å². The molecule has 4 heteroatoms. The summed E-state index contributed by atoms with van der Waals surface area (Å²) in [6.45, 7) is 0. The maximum absolute atomic E-state index is 12.0. The van der Waals surface area contributed by atoms with E-state index in [1.54, 1.807) is 18.2 Å². The summed E-state index contributed by atoms with van der Waals surface area (Å²) < 4.78 is 0. The third-order valence-corrected chi connectivity index (χ3v) is 3.31. The molecule has 0 aliphatic carbocycles. The molecule has 0 fully saturated rings. The van der Waals surface area contributed by atoms with E-state index < -0.39 is 0 Å². The van der Waals surface area contributed by atoms with Crippen molar-refractivity contribution >= 4 is 24.0 Å². The van der Waals surface area contributed by atoms with Crippen molar-refractivity contribution < 1.29 is 9.59 Å². The van der Waals surface area contributed by atoms with Crippen molar-refractivity contribution in [3.8, 4) is 0 Å². The number of rotatable bonds is 6. The van der Waals surface area contributed by atoms with Crippen molar-refractivity contribution in [2.75, 3.05) is 7.05 Å². The van der Waals surface area contributed by atoms with Gasteiger partial charge in [-0.3, -0.25) is 9.59 Å². The Morgan fingerprint density at radius 2 is 1.40 bits per heavy atom. The van der Waals surface area contributed by atoms with Gasteiger partial charge in [-0.25, -0.2) is 0 Å². The first kappa shape index (κ1) is 17.9. The molecule has 0 spiro atoms. The van der Waals surface area contributed by atoms with Crippen LogP contribution in [-0.2, 0) is 9.59 Å². The first-order valence-electron chi connectivity index (χ1n) is 7.88. The average Bonchev–Trinajstić information content (AvgIpc) is 2.66. The van der Waals surface area contributed by atoms with Crippen LogP contribution in [0.2, 0.25) is 0 Å². The molecule has 0 saturated carbocycles. The summed E-state index contributed by atoms with van der Waals surface area (Å²) in [5.41, 5.74) is 2.09. The molecular formula is C21H20N2O2. The van der Waals surface area contributed by atoms with Crippen molar-refractivity contribution in [3.63, 3.8) is 0 Å². The van der Waals surface area contributed by atoms with Crippen LogP contribution in [0.1, 0.15) is 11.1 Å². The van der Waals surface area contributed by atoms with Crippen LogP contribution >= 0.6 is 0 Å². The topological polar surface area (TPSA) is 58.2 Å². The van der Waals surface area contributed by atoms with Gasteiger partial charge in [0.05, 0.1) is 0 Å². The number of carbonyl (C=O) groups is 2. The normalized spacial score (nSPS) is 11.6. The molecule has 126 valence electrons.